The molecule has 2 aromatic rings. The van der Waals surface area contributed by atoms with E-state index < -0.39 is 0 Å². The third kappa shape index (κ3) is 4.42. The van der Waals surface area contributed by atoms with Crippen LogP contribution < -0.4 is 10.2 Å². The quantitative estimate of drug-likeness (QED) is 0.716. The van der Waals surface area contributed by atoms with Crippen molar-refractivity contribution >= 4 is 5.69 Å². The van der Waals surface area contributed by atoms with Gasteiger partial charge >= 0.3 is 0 Å². The third-order valence-corrected chi connectivity index (χ3v) is 7.76. The highest BCUT2D eigenvalue weighted by Gasteiger charge is 2.48. The van der Waals surface area contributed by atoms with Crippen molar-refractivity contribution in [2.24, 2.45) is 17.3 Å². The Kier molecular flexibility index (Phi) is 5.59. The highest BCUT2D eigenvalue weighted by Crippen LogP contribution is 2.48. The predicted molar refractivity (Wildman–Crippen MR) is 121 cm³/mol. The van der Waals surface area contributed by atoms with Gasteiger partial charge in [-0.1, -0.05) is 37.2 Å². The molecule has 2 unspecified atom stereocenters. The maximum Gasteiger partial charge on any atom is 0.150 e. The minimum Gasteiger partial charge on any atom is -0.369 e. The monoisotopic (exact) mass is 408 g/mol. The molecule has 30 heavy (non-hydrogen) atoms. The van der Waals surface area contributed by atoms with Crippen LogP contribution in [-0.2, 0) is 13.0 Å². The summed E-state index contributed by atoms with van der Waals surface area (Å²) in [6.07, 6.45) is 5.16. The molecule has 1 aliphatic heterocycles. The lowest BCUT2D eigenvalue weighted by atomic mass is 9.57. The van der Waals surface area contributed by atoms with Crippen molar-refractivity contribution in [2.75, 3.05) is 37.6 Å². The molecule has 0 spiro atoms. The maximum absolute atomic E-state index is 5.71. The van der Waals surface area contributed by atoms with Gasteiger partial charge in [0.1, 0.15) is 0 Å². The molecule has 2 heterocycles. The number of benzene rings is 1. The van der Waals surface area contributed by atoms with Crippen molar-refractivity contribution in [1.29, 1.82) is 0 Å². The summed E-state index contributed by atoms with van der Waals surface area (Å²) >= 11 is 0. The summed E-state index contributed by atoms with van der Waals surface area (Å²) in [5.74, 6) is 2.66. The van der Waals surface area contributed by atoms with Gasteiger partial charge in [-0.2, -0.15) is 0 Å². The van der Waals surface area contributed by atoms with E-state index in [1.165, 1.54) is 31.5 Å². The smallest absolute Gasteiger partial charge is 0.150 e. The van der Waals surface area contributed by atoms with Crippen molar-refractivity contribution in [3.05, 3.63) is 47.9 Å². The third-order valence-electron chi connectivity index (χ3n) is 7.76. The van der Waals surface area contributed by atoms with Crippen molar-refractivity contribution < 1.29 is 4.52 Å². The fourth-order valence-electron chi connectivity index (χ4n) is 5.14. The van der Waals surface area contributed by atoms with Gasteiger partial charge in [0.15, 0.2) is 5.76 Å². The van der Waals surface area contributed by atoms with Crippen molar-refractivity contribution in [2.45, 2.75) is 52.1 Å². The van der Waals surface area contributed by atoms with Crippen LogP contribution in [0.1, 0.15) is 44.6 Å². The van der Waals surface area contributed by atoms with Gasteiger partial charge in [0.2, 0.25) is 0 Å². The second kappa shape index (κ2) is 8.35. The van der Waals surface area contributed by atoms with Gasteiger partial charge in [0.05, 0.1) is 12.2 Å². The summed E-state index contributed by atoms with van der Waals surface area (Å²) in [6.45, 7) is 11.2. The van der Waals surface area contributed by atoms with E-state index in [2.05, 4.69) is 70.5 Å². The Morgan fingerprint density at radius 1 is 1.10 bits per heavy atom. The van der Waals surface area contributed by atoms with E-state index in [1.54, 1.807) is 0 Å². The standard InChI is InChI=1S/C25H36N4O/c1-25(2)20(15-24(25)26-17-19-8-9-19)14-21-16-23(30-27-21)18-28-10-12-29(13-11-28)22-6-4-3-5-7-22/h3-7,16,19-20,24,26H,8-15,17-18H2,1-2H3. The molecule has 0 bridgehead atoms. The predicted octanol–water partition coefficient (Wildman–Crippen LogP) is 3.95. The molecule has 1 saturated heterocycles. The van der Waals surface area contributed by atoms with Crippen LogP contribution in [-0.4, -0.2) is 48.8 Å². The van der Waals surface area contributed by atoms with E-state index in [-0.39, 0.29) is 0 Å². The lowest BCUT2D eigenvalue weighted by Crippen LogP contribution is -2.57. The van der Waals surface area contributed by atoms with E-state index in [0.29, 0.717) is 17.4 Å². The minimum atomic E-state index is 0.349. The summed E-state index contributed by atoms with van der Waals surface area (Å²) < 4.78 is 5.71. The first-order chi connectivity index (χ1) is 14.6. The number of hydrogen-bond acceptors (Lipinski definition) is 5. The molecular weight excluding hydrogens is 372 g/mol. The highest BCUT2D eigenvalue weighted by molar-refractivity contribution is 5.46. The van der Waals surface area contributed by atoms with Crippen molar-refractivity contribution in [3.63, 3.8) is 0 Å². The van der Waals surface area contributed by atoms with Crippen LogP contribution in [0.4, 0.5) is 5.69 Å². The molecule has 1 aromatic heterocycles. The Labute approximate surface area is 180 Å². The Morgan fingerprint density at radius 3 is 2.57 bits per heavy atom. The minimum absolute atomic E-state index is 0.349. The number of nitrogens with one attached hydrogen (secondary N) is 1. The van der Waals surface area contributed by atoms with E-state index in [1.807, 2.05) is 0 Å². The van der Waals surface area contributed by atoms with Crippen LogP contribution in [0.3, 0.4) is 0 Å². The molecule has 1 aromatic carbocycles. The van der Waals surface area contributed by atoms with Crippen LogP contribution in [0.15, 0.2) is 40.9 Å². The van der Waals surface area contributed by atoms with Crippen LogP contribution in [0.2, 0.25) is 0 Å². The molecule has 5 rings (SSSR count). The van der Waals surface area contributed by atoms with Crippen LogP contribution in [0, 0.1) is 17.3 Å². The number of piperazine rings is 1. The second-order valence-corrected chi connectivity index (χ2v) is 10.2. The number of para-hydroxylation sites is 1. The summed E-state index contributed by atoms with van der Waals surface area (Å²) in [6, 6.07) is 13.6. The molecule has 3 fully saturated rings. The van der Waals surface area contributed by atoms with Gasteiger partial charge in [-0.25, -0.2) is 0 Å². The van der Waals surface area contributed by atoms with Gasteiger partial charge in [-0.3, -0.25) is 4.90 Å². The first-order valence-corrected chi connectivity index (χ1v) is 11.8. The van der Waals surface area contributed by atoms with Gasteiger partial charge in [0.25, 0.3) is 0 Å². The first kappa shape index (κ1) is 20.1. The van der Waals surface area contributed by atoms with Crippen LogP contribution in [0.25, 0.3) is 0 Å². The molecule has 0 radical (unpaired) electrons. The van der Waals surface area contributed by atoms with Crippen LogP contribution in [0.5, 0.6) is 0 Å². The van der Waals surface area contributed by atoms with E-state index >= 15 is 0 Å². The van der Waals surface area contributed by atoms with Crippen molar-refractivity contribution in [1.82, 2.24) is 15.4 Å². The van der Waals surface area contributed by atoms with E-state index in [0.717, 1.165) is 56.5 Å². The fraction of sp³-hybridized carbons (Fsp3) is 0.640. The largest absolute Gasteiger partial charge is 0.369 e. The van der Waals surface area contributed by atoms with E-state index in [4.69, 9.17) is 4.52 Å². The van der Waals surface area contributed by atoms with Crippen LogP contribution >= 0.6 is 0 Å². The molecular formula is C25H36N4O. The van der Waals surface area contributed by atoms with Gasteiger partial charge < -0.3 is 14.7 Å². The zero-order chi connectivity index (χ0) is 20.6. The summed E-state index contributed by atoms with van der Waals surface area (Å²) in [7, 11) is 0. The molecule has 162 valence electrons. The number of rotatable bonds is 8. The van der Waals surface area contributed by atoms with E-state index in [9.17, 15) is 0 Å². The average Bonchev–Trinajstić information content (AvgIpc) is 3.49. The van der Waals surface area contributed by atoms with Gasteiger partial charge in [-0.05, 0) is 61.6 Å². The topological polar surface area (TPSA) is 44.5 Å². The normalized spacial score (nSPS) is 26.5. The zero-order valence-corrected chi connectivity index (χ0v) is 18.5. The summed E-state index contributed by atoms with van der Waals surface area (Å²) in [4.78, 5) is 4.95. The Hall–Kier alpha value is -1.85. The lowest BCUT2D eigenvalue weighted by Gasteiger charge is -2.52. The molecule has 1 N–H and O–H groups in total. The molecule has 0 amide bonds. The zero-order valence-electron chi connectivity index (χ0n) is 18.5. The van der Waals surface area contributed by atoms with Crippen molar-refractivity contribution in [3.8, 4) is 0 Å². The number of nitrogens with zero attached hydrogens (tertiary/aromatic N) is 3. The Balaban J connectivity index is 1.08. The second-order valence-electron chi connectivity index (χ2n) is 10.2. The number of anilines is 1. The Bertz CT molecular complexity index is 821. The lowest BCUT2D eigenvalue weighted by molar-refractivity contribution is 0.0131. The highest BCUT2D eigenvalue weighted by atomic mass is 16.5. The van der Waals surface area contributed by atoms with Gasteiger partial charge in [0, 0.05) is 44.0 Å². The maximum atomic E-state index is 5.71. The Morgan fingerprint density at radius 2 is 1.87 bits per heavy atom. The SMILES string of the molecule is CC1(C)C(Cc2cc(CN3CCN(c4ccccc4)CC3)on2)CC1NCC1CC1. The average molecular weight is 409 g/mol. The number of hydrogen-bond donors (Lipinski definition) is 1. The molecule has 2 aliphatic carbocycles. The summed E-state index contributed by atoms with van der Waals surface area (Å²) in [5, 5.41) is 8.22. The molecule has 2 saturated carbocycles. The molecule has 2 atom stereocenters. The van der Waals surface area contributed by atoms with Gasteiger partial charge in [-0.15, -0.1) is 0 Å². The first-order valence-electron chi connectivity index (χ1n) is 11.8. The molecule has 5 heteroatoms. The molecule has 3 aliphatic rings. The number of aromatic nitrogens is 1. The fourth-order valence-corrected chi connectivity index (χ4v) is 5.14. The summed E-state index contributed by atoms with van der Waals surface area (Å²) in [5.41, 5.74) is 2.81. The molecule has 5 nitrogen and oxygen atoms in total.